The average molecular weight is 356 g/mol. The quantitative estimate of drug-likeness (QED) is 0.836. The lowest BCUT2D eigenvalue weighted by atomic mass is 10.0. The molecule has 1 rings (SSSR count). The van der Waals surface area contributed by atoms with Gasteiger partial charge in [-0.1, -0.05) is 0 Å². The van der Waals surface area contributed by atoms with Gasteiger partial charge in [0.05, 0.1) is 4.90 Å². The fourth-order valence-electron chi connectivity index (χ4n) is 1.83. The van der Waals surface area contributed by atoms with Crippen molar-refractivity contribution in [3.05, 3.63) is 29.8 Å². The molecule has 1 aromatic carbocycles. The molecule has 0 bridgehead atoms. The summed E-state index contributed by atoms with van der Waals surface area (Å²) < 4.78 is 27.0. The van der Waals surface area contributed by atoms with Gasteiger partial charge >= 0.3 is 5.97 Å². The van der Waals surface area contributed by atoms with Crippen LogP contribution in [0.25, 0.3) is 0 Å². The van der Waals surface area contributed by atoms with Gasteiger partial charge in [0, 0.05) is 18.2 Å². The van der Waals surface area contributed by atoms with E-state index in [1.165, 1.54) is 45.2 Å². The maximum absolute atomic E-state index is 12.4. The molecule has 1 aromatic rings. The van der Waals surface area contributed by atoms with Crippen molar-refractivity contribution in [1.82, 2.24) is 9.62 Å². The zero-order valence-electron chi connectivity index (χ0n) is 14.7. The SMILES string of the molecule is CN(C(=O)c1ccc(S(=O)(=O)NC(C)(C)C)cc1)C(C)(C)C(=O)O. The van der Waals surface area contributed by atoms with E-state index in [0.717, 1.165) is 4.90 Å². The van der Waals surface area contributed by atoms with E-state index >= 15 is 0 Å². The summed E-state index contributed by atoms with van der Waals surface area (Å²) >= 11 is 0. The van der Waals surface area contributed by atoms with Gasteiger partial charge in [0.2, 0.25) is 10.0 Å². The zero-order valence-corrected chi connectivity index (χ0v) is 15.6. The first-order chi connectivity index (χ1) is 10.7. The minimum atomic E-state index is -3.69. The fourth-order valence-corrected chi connectivity index (χ4v) is 3.25. The first-order valence-electron chi connectivity index (χ1n) is 7.34. The molecular weight excluding hydrogens is 332 g/mol. The Labute approximate surface area is 142 Å². The molecule has 0 spiro atoms. The van der Waals surface area contributed by atoms with Crippen molar-refractivity contribution in [3.8, 4) is 0 Å². The first kappa shape index (κ1) is 20.1. The largest absolute Gasteiger partial charge is 0.480 e. The molecule has 0 saturated heterocycles. The van der Waals surface area contributed by atoms with Gasteiger partial charge in [0.25, 0.3) is 5.91 Å². The van der Waals surface area contributed by atoms with E-state index in [2.05, 4.69) is 4.72 Å². The molecule has 7 nitrogen and oxygen atoms in total. The van der Waals surface area contributed by atoms with Crippen LogP contribution < -0.4 is 4.72 Å². The van der Waals surface area contributed by atoms with Crippen LogP contribution in [-0.2, 0) is 14.8 Å². The van der Waals surface area contributed by atoms with Gasteiger partial charge in [0.15, 0.2) is 0 Å². The summed E-state index contributed by atoms with van der Waals surface area (Å²) in [4.78, 5) is 24.8. The van der Waals surface area contributed by atoms with E-state index in [4.69, 9.17) is 0 Å². The lowest BCUT2D eigenvalue weighted by Crippen LogP contribution is -2.50. The summed E-state index contributed by atoms with van der Waals surface area (Å²) in [6.07, 6.45) is 0. The number of hydrogen-bond acceptors (Lipinski definition) is 4. The van der Waals surface area contributed by atoms with E-state index < -0.39 is 33.0 Å². The van der Waals surface area contributed by atoms with Crippen LogP contribution in [-0.4, -0.2) is 48.4 Å². The van der Waals surface area contributed by atoms with Crippen LogP contribution in [0.5, 0.6) is 0 Å². The van der Waals surface area contributed by atoms with Crippen molar-refractivity contribution in [2.75, 3.05) is 7.05 Å². The normalized spacial score (nSPS) is 12.8. The summed E-state index contributed by atoms with van der Waals surface area (Å²) in [5.74, 6) is -1.64. The molecule has 1 amide bonds. The van der Waals surface area contributed by atoms with Gasteiger partial charge < -0.3 is 10.0 Å². The molecule has 0 aliphatic heterocycles. The molecule has 0 heterocycles. The van der Waals surface area contributed by atoms with Gasteiger partial charge in [-0.25, -0.2) is 17.9 Å². The molecule has 0 aliphatic rings. The van der Waals surface area contributed by atoms with Gasteiger partial charge in [-0.15, -0.1) is 0 Å². The summed E-state index contributed by atoms with van der Waals surface area (Å²) in [5, 5.41) is 9.18. The number of sulfonamides is 1. The molecule has 0 saturated carbocycles. The van der Waals surface area contributed by atoms with Gasteiger partial charge in [-0.2, -0.15) is 0 Å². The maximum Gasteiger partial charge on any atom is 0.329 e. The summed E-state index contributed by atoms with van der Waals surface area (Å²) in [7, 11) is -2.30. The van der Waals surface area contributed by atoms with Gasteiger partial charge in [-0.05, 0) is 58.9 Å². The molecule has 0 aliphatic carbocycles. The Balaban J connectivity index is 3.08. The molecule has 0 aromatic heterocycles. The van der Waals surface area contributed by atoms with Crippen molar-refractivity contribution in [3.63, 3.8) is 0 Å². The van der Waals surface area contributed by atoms with Gasteiger partial charge in [-0.3, -0.25) is 4.79 Å². The van der Waals surface area contributed by atoms with Crippen LogP contribution in [0.2, 0.25) is 0 Å². The van der Waals surface area contributed by atoms with Crippen LogP contribution in [0.1, 0.15) is 45.0 Å². The smallest absolute Gasteiger partial charge is 0.329 e. The number of aliphatic carboxylic acids is 1. The number of carboxylic acids is 1. The number of likely N-dealkylation sites (N-methyl/N-ethyl adjacent to an activating group) is 1. The number of carbonyl (C=O) groups is 2. The first-order valence-corrected chi connectivity index (χ1v) is 8.82. The van der Waals surface area contributed by atoms with Crippen molar-refractivity contribution in [2.45, 2.75) is 50.6 Å². The number of hydrogen-bond donors (Lipinski definition) is 2. The Morgan fingerprint density at radius 3 is 1.88 bits per heavy atom. The highest BCUT2D eigenvalue weighted by atomic mass is 32.2. The van der Waals surface area contributed by atoms with Crippen LogP contribution in [0.3, 0.4) is 0 Å². The van der Waals surface area contributed by atoms with Crippen molar-refractivity contribution in [2.24, 2.45) is 0 Å². The standard InChI is InChI=1S/C16H24N2O5S/c1-15(2,3)17-24(22,23)12-9-7-11(8-10-12)13(19)18(6)16(4,5)14(20)21/h7-10,17H,1-6H3,(H,20,21). The Hall–Kier alpha value is -1.93. The Bertz CT molecular complexity index is 731. The van der Waals surface area contributed by atoms with Crippen molar-refractivity contribution in [1.29, 1.82) is 0 Å². The second-order valence-electron chi connectivity index (χ2n) is 7.11. The number of rotatable bonds is 5. The van der Waals surface area contributed by atoms with E-state index in [9.17, 15) is 23.1 Å². The summed E-state index contributed by atoms with van der Waals surface area (Å²) in [6, 6.07) is 5.38. The summed E-state index contributed by atoms with van der Waals surface area (Å²) in [5.41, 5.74) is -1.80. The Kier molecular flexibility index (Phi) is 5.47. The van der Waals surface area contributed by atoms with E-state index in [-0.39, 0.29) is 10.5 Å². The fraction of sp³-hybridized carbons (Fsp3) is 0.500. The molecule has 0 radical (unpaired) electrons. The van der Waals surface area contributed by atoms with E-state index in [1.54, 1.807) is 20.8 Å². The highest BCUT2D eigenvalue weighted by Gasteiger charge is 2.35. The molecule has 0 fully saturated rings. The van der Waals surface area contributed by atoms with E-state index in [1.807, 2.05) is 0 Å². The second kappa shape index (κ2) is 6.52. The average Bonchev–Trinajstić information content (AvgIpc) is 2.43. The van der Waals surface area contributed by atoms with Crippen LogP contribution in [0.4, 0.5) is 0 Å². The van der Waals surface area contributed by atoms with Crippen LogP contribution in [0.15, 0.2) is 29.2 Å². The second-order valence-corrected chi connectivity index (χ2v) is 8.79. The molecule has 0 unspecified atom stereocenters. The number of benzene rings is 1. The predicted octanol–water partition coefficient (Wildman–Crippen LogP) is 1.70. The summed E-state index contributed by atoms with van der Waals surface area (Å²) in [6.45, 7) is 8.01. The topological polar surface area (TPSA) is 104 Å². The highest BCUT2D eigenvalue weighted by Crippen LogP contribution is 2.18. The number of carbonyl (C=O) groups excluding carboxylic acids is 1. The third-order valence-corrected chi connectivity index (χ3v) is 5.29. The van der Waals surface area contributed by atoms with Crippen LogP contribution >= 0.6 is 0 Å². The predicted molar refractivity (Wildman–Crippen MR) is 90.3 cm³/mol. The van der Waals surface area contributed by atoms with Crippen LogP contribution in [0, 0.1) is 0 Å². The number of carboxylic acid groups (broad SMARTS) is 1. The van der Waals surface area contributed by atoms with Gasteiger partial charge in [0.1, 0.15) is 5.54 Å². The number of nitrogens with zero attached hydrogens (tertiary/aromatic N) is 1. The third kappa shape index (κ3) is 4.55. The highest BCUT2D eigenvalue weighted by molar-refractivity contribution is 7.89. The Morgan fingerprint density at radius 2 is 1.50 bits per heavy atom. The zero-order chi connectivity index (χ0) is 18.9. The minimum absolute atomic E-state index is 0.0362. The minimum Gasteiger partial charge on any atom is -0.480 e. The molecule has 2 N–H and O–H groups in total. The molecule has 24 heavy (non-hydrogen) atoms. The molecule has 0 atom stereocenters. The van der Waals surface area contributed by atoms with Crippen molar-refractivity contribution < 1.29 is 23.1 Å². The number of amides is 1. The van der Waals surface area contributed by atoms with E-state index in [0.29, 0.717) is 0 Å². The number of nitrogens with one attached hydrogen (secondary N) is 1. The maximum atomic E-state index is 12.4. The lowest BCUT2D eigenvalue weighted by molar-refractivity contribution is -0.147. The molecular formula is C16H24N2O5S. The monoisotopic (exact) mass is 356 g/mol. The third-order valence-electron chi connectivity index (χ3n) is 3.52. The molecule has 134 valence electrons. The molecule has 8 heteroatoms. The van der Waals surface area contributed by atoms with Crippen molar-refractivity contribution >= 4 is 21.9 Å². The Morgan fingerprint density at radius 1 is 1.04 bits per heavy atom. The lowest BCUT2D eigenvalue weighted by Gasteiger charge is -2.31.